The molecule has 0 unspecified atom stereocenters. The zero-order valence-electron chi connectivity index (χ0n) is 13.5. The average molecular weight is 389 g/mol. The predicted molar refractivity (Wildman–Crippen MR) is 100 cm³/mol. The molecule has 3 rings (SSSR count). The van der Waals surface area contributed by atoms with Crippen LogP contribution < -0.4 is 9.47 Å². The molecule has 0 aliphatic carbocycles. The number of methoxy groups -OCH3 is 1. The highest BCUT2D eigenvalue weighted by molar-refractivity contribution is 6.37. The van der Waals surface area contributed by atoms with Crippen LogP contribution in [-0.2, 0) is 0 Å². The fourth-order valence-corrected chi connectivity index (χ4v) is 2.96. The van der Waals surface area contributed by atoms with Crippen LogP contribution in [0.1, 0.15) is 0 Å². The molecule has 3 aromatic carbocycles. The summed E-state index contributed by atoms with van der Waals surface area (Å²) in [6.07, 6.45) is 0. The van der Waals surface area contributed by atoms with E-state index < -0.39 is 4.92 Å². The van der Waals surface area contributed by atoms with Gasteiger partial charge in [-0.05, 0) is 29.8 Å². The topological polar surface area (TPSA) is 61.6 Å². The van der Waals surface area contributed by atoms with Crippen LogP contribution in [0.3, 0.4) is 0 Å². The van der Waals surface area contributed by atoms with Crippen molar-refractivity contribution in [3.05, 3.63) is 80.8 Å². The summed E-state index contributed by atoms with van der Waals surface area (Å²) in [5, 5.41) is 11.0. The fraction of sp³-hybridized carbons (Fsp3) is 0.0526. The Kier molecular flexibility index (Phi) is 5.30. The Morgan fingerprint density at radius 3 is 2.27 bits per heavy atom. The standard InChI is InChI=1S/C19H12Cl2NO4/c1-25-18-8-7-14(11-15(18)12-5-3-2-4-6-12)26-19-16(20)9-13(22(23)24)10-17(19)21/h3-11H,1H3. The number of rotatable bonds is 5. The molecule has 0 aromatic heterocycles. The van der Waals surface area contributed by atoms with Gasteiger partial charge in [0.05, 0.1) is 22.1 Å². The number of nitro groups is 1. The summed E-state index contributed by atoms with van der Waals surface area (Å²) in [6.45, 7) is 0. The van der Waals surface area contributed by atoms with Gasteiger partial charge in [0.1, 0.15) is 11.5 Å². The van der Waals surface area contributed by atoms with Crippen LogP contribution in [0.4, 0.5) is 5.69 Å². The average Bonchev–Trinajstić information content (AvgIpc) is 2.65. The first-order chi connectivity index (χ1) is 12.5. The van der Waals surface area contributed by atoms with Crippen LogP contribution in [0.2, 0.25) is 10.0 Å². The predicted octanol–water partition coefficient (Wildman–Crippen LogP) is 6.17. The number of hydrogen-bond donors (Lipinski definition) is 0. The van der Waals surface area contributed by atoms with Crippen LogP contribution in [0.25, 0.3) is 11.1 Å². The third-order valence-corrected chi connectivity index (χ3v) is 4.18. The van der Waals surface area contributed by atoms with Gasteiger partial charge in [-0.25, -0.2) is 0 Å². The maximum atomic E-state index is 10.9. The van der Waals surface area contributed by atoms with E-state index in [9.17, 15) is 10.1 Å². The van der Waals surface area contributed by atoms with E-state index >= 15 is 0 Å². The lowest BCUT2D eigenvalue weighted by Crippen LogP contribution is -1.93. The second kappa shape index (κ2) is 7.64. The van der Waals surface area contributed by atoms with Gasteiger partial charge in [0.25, 0.3) is 5.69 Å². The fourth-order valence-electron chi connectivity index (χ4n) is 2.41. The molecule has 0 atom stereocenters. The van der Waals surface area contributed by atoms with Gasteiger partial charge >= 0.3 is 0 Å². The second-order valence-electron chi connectivity index (χ2n) is 5.25. The van der Waals surface area contributed by atoms with Crippen LogP contribution in [-0.4, -0.2) is 12.0 Å². The van der Waals surface area contributed by atoms with Gasteiger partial charge in [0.2, 0.25) is 0 Å². The highest BCUT2D eigenvalue weighted by atomic mass is 35.5. The number of nitrogens with zero attached hydrogens (tertiary/aromatic N) is 1. The first kappa shape index (κ1) is 18.0. The van der Waals surface area contributed by atoms with E-state index in [2.05, 4.69) is 6.07 Å². The summed E-state index contributed by atoms with van der Waals surface area (Å²) < 4.78 is 11.2. The maximum Gasteiger partial charge on any atom is 0.272 e. The van der Waals surface area contributed by atoms with E-state index in [0.717, 1.165) is 11.1 Å². The summed E-state index contributed by atoms with van der Waals surface area (Å²) in [6, 6.07) is 18.0. The molecule has 0 aliphatic heterocycles. The highest BCUT2D eigenvalue weighted by Crippen LogP contribution is 2.41. The van der Waals surface area contributed by atoms with Gasteiger partial charge < -0.3 is 9.47 Å². The molecule has 3 aromatic rings. The second-order valence-corrected chi connectivity index (χ2v) is 6.06. The summed E-state index contributed by atoms with van der Waals surface area (Å²) in [4.78, 5) is 10.3. The lowest BCUT2D eigenvalue weighted by atomic mass is 10.0. The molecule has 0 spiro atoms. The Labute approximate surface area is 159 Å². The molecule has 131 valence electrons. The summed E-state index contributed by atoms with van der Waals surface area (Å²) in [7, 11) is 1.58. The monoisotopic (exact) mass is 388 g/mol. The van der Waals surface area contributed by atoms with Crippen molar-refractivity contribution in [2.24, 2.45) is 0 Å². The zero-order valence-corrected chi connectivity index (χ0v) is 15.0. The molecule has 0 N–H and O–H groups in total. The largest absolute Gasteiger partial charge is 0.496 e. The number of nitro benzene ring substituents is 1. The minimum atomic E-state index is -0.570. The van der Waals surface area contributed by atoms with Crippen molar-refractivity contribution in [3.63, 3.8) is 0 Å². The smallest absolute Gasteiger partial charge is 0.272 e. The lowest BCUT2D eigenvalue weighted by molar-refractivity contribution is -0.384. The van der Waals surface area contributed by atoms with Gasteiger partial charge in [-0.3, -0.25) is 10.1 Å². The minimum absolute atomic E-state index is 0.0517. The molecule has 5 nitrogen and oxygen atoms in total. The van der Waals surface area contributed by atoms with E-state index in [1.807, 2.05) is 12.1 Å². The van der Waals surface area contributed by atoms with Gasteiger partial charge in [0.15, 0.2) is 5.75 Å². The van der Waals surface area contributed by atoms with Crippen molar-refractivity contribution in [1.82, 2.24) is 0 Å². The number of non-ortho nitro benzene ring substituents is 1. The Morgan fingerprint density at radius 1 is 1.04 bits per heavy atom. The molecule has 0 bridgehead atoms. The third-order valence-electron chi connectivity index (χ3n) is 3.61. The third kappa shape index (κ3) is 3.74. The van der Waals surface area contributed by atoms with Crippen molar-refractivity contribution in [2.45, 2.75) is 0 Å². The number of ether oxygens (including phenoxy) is 2. The van der Waals surface area contributed by atoms with Gasteiger partial charge in [-0.15, -0.1) is 0 Å². The van der Waals surface area contributed by atoms with Crippen molar-refractivity contribution in [1.29, 1.82) is 0 Å². The lowest BCUT2D eigenvalue weighted by Gasteiger charge is -2.13. The molecule has 7 heteroatoms. The number of hydrogen-bond acceptors (Lipinski definition) is 4. The van der Waals surface area contributed by atoms with E-state index in [-0.39, 0.29) is 21.5 Å². The Balaban J connectivity index is 2.00. The van der Waals surface area contributed by atoms with Crippen LogP contribution in [0.5, 0.6) is 17.2 Å². The highest BCUT2D eigenvalue weighted by Gasteiger charge is 2.17. The van der Waals surface area contributed by atoms with Gasteiger partial charge in [0, 0.05) is 17.7 Å². The van der Waals surface area contributed by atoms with E-state index in [0.29, 0.717) is 11.5 Å². The van der Waals surface area contributed by atoms with Gasteiger partial charge in [-0.2, -0.15) is 0 Å². The normalized spacial score (nSPS) is 10.4. The SMILES string of the molecule is COc1ccc(Oc2c(Cl)cc([N+](=O)[O-])cc2Cl)cc1-c1cc[c]cc1. The van der Waals surface area contributed by atoms with Crippen LogP contribution in [0.15, 0.2) is 54.6 Å². The van der Waals surface area contributed by atoms with Crippen molar-refractivity contribution >= 4 is 28.9 Å². The van der Waals surface area contributed by atoms with E-state index in [1.54, 1.807) is 37.4 Å². The molecule has 0 amide bonds. The Hall–Kier alpha value is -2.76. The van der Waals surface area contributed by atoms with E-state index in [1.165, 1.54) is 12.1 Å². The first-order valence-electron chi connectivity index (χ1n) is 7.45. The molecule has 0 heterocycles. The maximum absolute atomic E-state index is 10.9. The first-order valence-corrected chi connectivity index (χ1v) is 8.21. The van der Waals surface area contributed by atoms with Crippen molar-refractivity contribution < 1.29 is 14.4 Å². The zero-order chi connectivity index (χ0) is 18.7. The molecule has 26 heavy (non-hydrogen) atoms. The molecule has 0 saturated heterocycles. The molecule has 0 aliphatic rings. The number of halogens is 2. The van der Waals surface area contributed by atoms with Crippen LogP contribution >= 0.6 is 23.2 Å². The summed E-state index contributed by atoms with van der Waals surface area (Å²) in [5.74, 6) is 1.28. The summed E-state index contributed by atoms with van der Waals surface area (Å²) in [5.41, 5.74) is 1.53. The molecule has 0 saturated carbocycles. The van der Waals surface area contributed by atoms with Crippen molar-refractivity contribution in [2.75, 3.05) is 7.11 Å². The van der Waals surface area contributed by atoms with E-state index in [4.69, 9.17) is 32.7 Å². The Morgan fingerprint density at radius 2 is 1.69 bits per heavy atom. The van der Waals surface area contributed by atoms with Crippen LogP contribution in [0, 0.1) is 16.2 Å². The number of benzene rings is 3. The molecule has 0 fully saturated rings. The molecular formula is C19H12Cl2NO4. The molecule has 1 radical (unpaired) electrons. The van der Waals surface area contributed by atoms with Crippen molar-refractivity contribution in [3.8, 4) is 28.4 Å². The quantitative estimate of drug-likeness (QED) is 0.387. The Bertz CT molecular complexity index is 938. The summed E-state index contributed by atoms with van der Waals surface area (Å²) >= 11 is 12.2. The molecular weight excluding hydrogens is 377 g/mol. The minimum Gasteiger partial charge on any atom is -0.496 e. The van der Waals surface area contributed by atoms with Gasteiger partial charge in [-0.1, -0.05) is 47.5 Å².